The van der Waals surface area contributed by atoms with Crippen molar-refractivity contribution in [3.8, 4) is 5.75 Å². The van der Waals surface area contributed by atoms with E-state index in [-0.39, 0.29) is 17.3 Å². The van der Waals surface area contributed by atoms with Gasteiger partial charge in [-0.15, -0.1) is 0 Å². The smallest absolute Gasteiger partial charge is 0.305 e. The van der Waals surface area contributed by atoms with E-state index in [2.05, 4.69) is 22.6 Å². The highest BCUT2D eigenvalue weighted by Gasteiger charge is 2.22. The summed E-state index contributed by atoms with van der Waals surface area (Å²) in [5, 5.41) is 0.733. The third-order valence-corrected chi connectivity index (χ3v) is 7.05. The third kappa shape index (κ3) is 4.02. The summed E-state index contributed by atoms with van der Waals surface area (Å²) in [5.41, 5.74) is 2.22. The second-order valence-electron chi connectivity index (χ2n) is 6.20. The number of alkyl halides is 1. The van der Waals surface area contributed by atoms with Gasteiger partial charge in [-0.05, 0) is 47.9 Å². The van der Waals surface area contributed by atoms with Crippen LogP contribution in [0.1, 0.15) is 17.5 Å². The Morgan fingerprint density at radius 1 is 1.14 bits per heavy atom. The van der Waals surface area contributed by atoms with Crippen LogP contribution in [-0.2, 0) is 30.4 Å². The fourth-order valence-corrected chi connectivity index (χ4v) is 4.95. The molecule has 0 radical (unpaired) electrons. The lowest BCUT2D eigenvalue weighted by atomic mass is 10.1. The molecule has 2 aromatic carbocycles. The van der Waals surface area contributed by atoms with Crippen LogP contribution in [0.2, 0.25) is 0 Å². The lowest BCUT2D eigenvalue weighted by molar-refractivity contribution is -0.140. The summed E-state index contributed by atoms with van der Waals surface area (Å²) in [6.07, 6.45) is 2.11. The molecule has 0 N–H and O–H groups in total. The second kappa shape index (κ2) is 8.52. The van der Waals surface area contributed by atoms with Gasteiger partial charge in [0.2, 0.25) is 0 Å². The molecule has 8 heteroatoms. The van der Waals surface area contributed by atoms with Crippen molar-refractivity contribution >= 4 is 49.5 Å². The predicted octanol–water partition coefficient (Wildman–Crippen LogP) is 3.93. The number of aromatic nitrogens is 1. The summed E-state index contributed by atoms with van der Waals surface area (Å²) in [6, 6.07) is 12.1. The molecule has 1 heterocycles. The Hall–Kier alpha value is -2.07. The molecule has 0 aliphatic rings. The van der Waals surface area contributed by atoms with E-state index in [0.717, 1.165) is 20.9 Å². The van der Waals surface area contributed by atoms with E-state index >= 15 is 0 Å². The molecule has 28 heavy (non-hydrogen) atoms. The predicted molar refractivity (Wildman–Crippen MR) is 116 cm³/mol. The number of hydrogen-bond donors (Lipinski definition) is 0. The van der Waals surface area contributed by atoms with Crippen LogP contribution in [0.4, 0.5) is 0 Å². The maximum Gasteiger partial charge on any atom is 0.305 e. The minimum Gasteiger partial charge on any atom is -0.497 e. The molecule has 0 amide bonds. The number of esters is 1. The fourth-order valence-electron chi connectivity index (χ4n) is 3.01. The molecule has 0 fully saturated rings. The van der Waals surface area contributed by atoms with E-state index in [4.69, 9.17) is 9.47 Å². The minimum atomic E-state index is -3.78. The van der Waals surface area contributed by atoms with Gasteiger partial charge in [-0.2, -0.15) is 0 Å². The van der Waals surface area contributed by atoms with E-state index in [1.54, 1.807) is 49.7 Å². The van der Waals surface area contributed by atoms with Gasteiger partial charge in [-0.1, -0.05) is 34.7 Å². The highest BCUT2D eigenvalue weighted by atomic mass is 127. The molecule has 6 nitrogen and oxygen atoms in total. The molecule has 1 aromatic heterocycles. The fraction of sp³-hybridized carbons (Fsp3) is 0.250. The SMILES string of the molecule is COC(=O)CCc1cn(S(=O)(=O)c2cccc(CI)c2)c2ccc(OC)cc12. The number of ether oxygens (including phenoxy) is 2. The number of halogens is 1. The van der Waals surface area contributed by atoms with E-state index < -0.39 is 10.0 Å². The van der Waals surface area contributed by atoms with Crippen molar-refractivity contribution < 1.29 is 22.7 Å². The quantitative estimate of drug-likeness (QED) is 0.272. The Balaban J connectivity index is 2.15. The van der Waals surface area contributed by atoms with Gasteiger partial charge >= 0.3 is 5.97 Å². The van der Waals surface area contributed by atoms with Gasteiger partial charge in [-0.25, -0.2) is 12.4 Å². The number of aryl methyl sites for hydroxylation is 1. The van der Waals surface area contributed by atoms with E-state index in [0.29, 0.717) is 17.7 Å². The van der Waals surface area contributed by atoms with Crippen molar-refractivity contribution in [3.63, 3.8) is 0 Å². The lowest BCUT2D eigenvalue weighted by Gasteiger charge is -2.09. The van der Waals surface area contributed by atoms with Crippen LogP contribution in [0, 0.1) is 0 Å². The summed E-state index contributed by atoms with van der Waals surface area (Å²) in [4.78, 5) is 11.8. The third-order valence-electron chi connectivity index (χ3n) is 4.50. The molecule has 0 bridgehead atoms. The number of carbonyl (C=O) groups excluding carboxylic acids is 1. The van der Waals surface area contributed by atoms with Crippen molar-refractivity contribution in [2.75, 3.05) is 14.2 Å². The van der Waals surface area contributed by atoms with Crippen LogP contribution >= 0.6 is 22.6 Å². The molecule has 3 aromatic rings. The van der Waals surface area contributed by atoms with Gasteiger partial charge in [0.1, 0.15) is 5.75 Å². The van der Waals surface area contributed by atoms with E-state index in [1.807, 2.05) is 6.07 Å². The summed E-state index contributed by atoms with van der Waals surface area (Å²) in [7, 11) is -0.898. The highest BCUT2D eigenvalue weighted by molar-refractivity contribution is 14.1. The molecule has 0 spiro atoms. The first-order valence-electron chi connectivity index (χ1n) is 8.56. The van der Waals surface area contributed by atoms with Crippen molar-refractivity contribution in [1.82, 2.24) is 3.97 Å². The largest absolute Gasteiger partial charge is 0.497 e. The van der Waals surface area contributed by atoms with Crippen LogP contribution in [0.15, 0.2) is 53.6 Å². The van der Waals surface area contributed by atoms with Gasteiger partial charge in [-0.3, -0.25) is 4.79 Å². The first-order chi connectivity index (χ1) is 13.4. The van der Waals surface area contributed by atoms with Crippen molar-refractivity contribution in [3.05, 3.63) is 59.8 Å². The van der Waals surface area contributed by atoms with E-state index in [9.17, 15) is 13.2 Å². The molecule has 148 valence electrons. The normalized spacial score (nSPS) is 11.5. The summed E-state index contributed by atoms with van der Waals surface area (Å²) in [5.74, 6) is 0.273. The number of hydrogen-bond acceptors (Lipinski definition) is 5. The Morgan fingerprint density at radius 3 is 2.61 bits per heavy atom. The standard InChI is InChI=1S/C20H20INO5S/c1-26-16-7-8-19-18(11-16)15(6-9-20(23)27-2)13-22(19)28(24,25)17-5-3-4-14(10-17)12-21/h3-5,7-8,10-11,13H,6,9,12H2,1-2H3. The maximum absolute atomic E-state index is 13.3. The molecule has 0 saturated carbocycles. The first-order valence-corrected chi connectivity index (χ1v) is 11.5. The zero-order valence-electron chi connectivity index (χ0n) is 15.5. The van der Waals surface area contributed by atoms with Gasteiger partial charge in [0.05, 0.1) is 24.6 Å². The zero-order chi connectivity index (χ0) is 20.3. The Labute approximate surface area is 177 Å². The molecule has 0 saturated heterocycles. The topological polar surface area (TPSA) is 74.6 Å². The molecule has 0 aliphatic carbocycles. The van der Waals surface area contributed by atoms with Gasteiger partial charge in [0, 0.05) is 22.4 Å². The van der Waals surface area contributed by atoms with Crippen LogP contribution < -0.4 is 4.74 Å². The lowest BCUT2D eigenvalue weighted by Crippen LogP contribution is -2.12. The average Bonchev–Trinajstić information content (AvgIpc) is 3.10. The number of carbonyl (C=O) groups is 1. The monoisotopic (exact) mass is 513 g/mol. The number of fused-ring (bicyclic) bond motifs is 1. The molecule has 0 aliphatic heterocycles. The summed E-state index contributed by atoms with van der Waals surface area (Å²) in [6.45, 7) is 0. The molecular weight excluding hydrogens is 493 g/mol. The second-order valence-corrected chi connectivity index (χ2v) is 8.77. The van der Waals surface area contributed by atoms with Crippen LogP contribution in [0.5, 0.6) is 5.75 Å². The van der Waals surface area contributed by atoms with Crippen LogP contribution in [0.25, 0.3) is 10.9 Å². The van der Waals surface area contributed by atoms with Gasteiger partial charge < -0.3 is 9.47 Å². The van der Waals surface area contributed by atoms with Gasteiger partial charge in [0.15, 0.2) is 0 Å². The number of benzene rings is 2. The Bertz CT molecular complexity index is 1120. The molecule has 0 atom stereocenters. The van der Waals surface area contributed by atoms with Crippen molar-refractivity contribution in [2.45, 2.75) is 22.2 Å². The molecular formula is C20H20INO5S. The zero-order valence-corrected chi connectivity index (χ0v) is 18.5. The van der Waals surface area contributed by atoms with Crippen molar-refractivity contribution in [2.24, 2.45) is 0 Å². The van der Waals surface area contributed by atoms with Crippen LogP contribution in [0.3, 0.4) is 0 Å². The highest BCUT2D eigenvalue weighted by Crippen LogP contribution is 2.30. The number of nitrogens with zero attached hydrogens (tertiary/aromatic N) is 1. The molecule has 0 unspecified atom stereocenters. The first kappa shape index (κ1) is 20.7. The average molecular weight is 513 g/mol. The Kier molecular flexibility index (Phi) is 6.29. The maximum atomic E-state index is 13.3. The van der Waals surface area contributed by atoms with Gasteiger partial charge in [0.25, 0.3) is 10.0 Å². The van der Waals surface area contributed by atoms with E-state index in [1.165, 1.54) is 11.1 Å². The number of methoxy groups -OCH3 is 2. The Morgan fingerprint density at radius 2 is 1.93 bits per heavy atom. The van der Waals surface area contributed by atoms with Crippen molar-refractivity contribution in [1.29, 1.82) is 0 Å². The summed E-state index contributed by atoms with van der Waals surface area (Å²) >= 11 is 2.20. The van der Waals surface area contributed by atoms with Crippen LogP contribution in [-0.4, -0.2) is 32.6 Å². The number of rotatable bonds is 7. The minimum absolute atomic E-state index is 0.164. The molecule has 3 rings (SSSR count). The summed E-state index contributed by atoms with van der Waals surface area (Å²) < 4.78 is 38.6.